The minimum Gasteiger partial charge on any atom is -0.342 e. The fraction of sp³-hybridized carbons (Fsp3) is 0.917. The smallest absolute Gasteiger partial charge is 0.239 e. The highest BCUT2D eigenvalue weighted by Crippen LogP contribution is 2.15. The van der Waals surface area contributed by atoms with Gasteiger partial charge in [-0.2, -0.15) is 0 Å². The van der Waals surface area contributed by atoms with E-state index in [4.69, 9.17) is 0 Å². The van der Waals surface area contributed by atoms with Gasteiger partial charge in [-0.3, -0.25) is 9.69 Å². The van der Waals surface area contributed by atoms with Gasteiger partial charge in [-0.25, -0.2) is 8.42 Å². The molecule has 1 rings (SSSR count). The van der Waals surface area contributed by atoms with Crippen LogP contribution in [0, 0.1) is 0 Å². The van der Waals surface area contributed by atoms with Crippen molar-refractivity contribution >= 4 is 15.7 Å². The highest BCUT2D eigenvalue weighted by Gasteiger charge is 2.34. The average Bonchev–Trinajstić information content (AvgIpc) is 2.29. The second-order valence-corrected chi connectivity index (χ2v) is 7.93. The zero-order chi connectivity index (χ0) is 14.1. The van der Waals surface area contributed by atoms with Gasteiger partial charge in [0.25, 0.3) is 0 Å². The summed E-state index contributed by atoms with van der Waals surface area (Å²) in [6, 6.07) is -0.0961. The third-order valence-electron chi connectivity index (χ3n) is 3.80. The molecule has 6 heteroatoms. The topological polar surface area (TPSA) is 57.7 Å². The lowest BCUT2D eigenvalue weighted by Crippen LogP contribution is -2.54. The maximum absolute atomic E-state index is 12.2. The molecule has 1 aliphatic rings. The van der Waals surface area contributed by atoms with Crippen molar-refractivity contribution in [2.45, 2.75) is 45.0 Å². The predicted molar refractivity (Wildman–Crippen MR) is 72.2 cm³/mol. The molecule has 2 unspecified atom stereocenters. The summed E-state index contributed by atoms with van der Waals surface area (Å²) in [6.45, 7) is 8.39. The summed E-state index contributed by atoms with van der Waals surface area (Å²) in [5, 5.41) is -0.383. The average molecular weight is 276 g/mol. The first-order chi connectivity index (χ1) is 8.16. The molecule has 0 aromatic rings. The quantitative estimate of drug-likeness (QED) is 0.747. The van der Waals surface area contributed by atoms with Crippen molar-refractivity contribution < 1.29 is 13.2 Å². The van der Waals surface area contributed by atoms with Crippen molar-refractivity contribution in [3.63, 3.8) is 0 Å². The summed E-state index contributed by atoms with van der Waals surface area (Å²) >= 11 is 0. The molecule has 0 aromatic carbocycles. The number of sulfone groups is 1. The Bertz CT molecular complexity index is 406. The fourth-order valence-corrected chi connectivity index (χ4v) is 3.35. The first-order valence-corrected chi connectivity index (χ1v) is 8.10. The van der Waals surface area contributed by atoms with Gasteiger partial charge in [-0.1, -0.05) is 0 Å². The molecule has 1 fully saturated rings. The standard InChI is InChI=1S/C12H24N2O3S/c1-9(2)13(5)12(15)11(4)14-6-7-18(16,17)10(3)8-14/h9-11H,6-8H2,1-5H3. The molecule has 0 saturated carbocycles. The maximum Gasteiger partial charge on any atom is 0.239 e. The van der Waals surface area contributed by atoms with Crippen LogP contribution in [-0.4, -0.2) is 67.3 Å². The summed E-state index contributed by atoms with van der Waals surface area (Å²) in [7, 11) is -1.17. The van der Waals surface area contributed by atoms with E-state index in [2.05, 4.69) is 0 Å². The lowest BCUT2D eigenvalue weighted by Gasteiger charge is -2.36. The molecular formula is C12H24N2O3S. The van der Waals surface area contributed by atoms with Crippen molar-refractivity contribution in [2.75, 3.05) is 25.9 Å². The van der Waals surface area contributed by atoms with Crippen molar-refractivity contribution in [2.24, 2.45) is 0 Å². The minimum atomic E-state index is -2.96. The Morgan fingerprint density at radius 1 is 1.33 bits per heavy atom. The van der Waals surface area contributed by atoms with E-state index in [1.54, 1.807) is 18.9 Å². The third-order valence-corrected chi connectivity index (χ3v) is 5.92. The number of carbonyl (C=O) groups is 1. The van der Waals surface area contributed by atoms with E-state index in [-0.39, 0.29) is 29.0 Å². The Morgan fingerprint density at radius 2 is 1.89 bits per heavy atom. The third kappa shape index (κ3) is 3.23. The number of likely N-dealkylation sites (N-methyl/N-ethyl adjacent to an activating group) is 1. The fourth-order valence-electron chi connectivity index (χ4n) is 2.04. The molecule has 1 saturated heterocycles. The predicted octanol–water partition coefficient (Wildman–Crippen LogP) is 0.361. The number of hydrogen-bond acceptors (Lipinski definition) is 4. The Kier molecular flexibility index (Phi) is 4.78. The molecule has 0 N–H and O–H groups in total. The highest BCUT2D eigenvalue weighted by molar-refractivity contribution is 7.92. The van der Waals surface area contributed by atoms with Crippen molar-refractivity contribution in [1.29, 1.82) is 0 Å². The molecule has 0 radical (unpaired) electrons. The van der Waals surface area contributed by atoms with Gasteiger partial charge in [0.2, 0.25) is 5.91 Å². The normalized spacial score (nSPS) is 26.0. The van der Waals surface area contributed by atoms with E-state index in [1.807, 2.05) is 25.7 Å². The van der Waals surface area contributed by atoms with E-state index >= 15 is 0 Å². The summed E-state index contributed by atoms with van der Waals surface area (Å²) < 4.78 is 23.3. The van der Waals surface area contributed by atoms with Crippen LogP contribution in [0.25, 0.3) is 0 Å². The summed E-state index contributed by atoms with van der Waals surface area (Å²) in [4.78, 5) is 15.9. The van der Waals surface area contributed by atoms with Crippen LogP contribution in [0.1, 0.15) is 27.7 Å². The number of hydrogen-bond donors (Lipinski definition) is 0. The SMILES string of the molecule is CC(C(=O)N(C)C(C)C)N1CCS(=O)(=O)C(C)C1. The molecule has 1 amide bonds. The Morgan fingerprint density at radius 3 is 2.33 bits per heavy atom. The number of rotatable bonds is 3. The molecule has 5 nitrogen and oxygen atoms in total. The lowest BCUT2D eigenvalue weighted by molar-refractivity contribution is -0.136. The maximum atomic E-state index is 12.2. The Hall–Kier alpha value is -0.620. The minimum absolute atomic E-state index is 0.0523. The van der Waals surface area contributed by atoms with Gasteiger partial charge in [0.15, 0.2) is 9.84 Å². The van der Waals surface area contributed by atoms with E-state index in [0.717, 1.165) is 0 Å². The molecule has 1 aliphatic heterocycles. The molecule has 2 atom stereocenters. The molecule has 106 valence electrons. The van der Waals surface area contributed by atoms with Gasteiger partial charge in [-0.15, -0.1) is 0 Å². The van der Waals surface area contributed by atoms with E-state index in [0.29, 0.717) is 13.1 Å². The van der Waals surface area contributed by atoms with Crippen LogP contribution in [0.15, 0.2) is 0 Å². The monoisotopic (exact) mass is 276 g/mol. The van der Waals surface area contributed by atoms with Crippen LogP contribution in [0.4, 0.5) is 0 Å². The van der Waals surface area contributed by atoms with Crippen molar-refractivity contribution in [1.82, 2.24) is 9.80 Å². The van der Waals surface area contributed by atoms with E-state index in [1.165, 1.54) is 0 Å². The van der Waals surface area contributed by atoms with Crippen LogP contribution in [-0.2, 0) is 14.6 Å². The van der Waals surface area contributed by atoms with Crippen LogP contribution in [0.2, 0.25) is 0 Å². The number of nitrogens with zero attached hydrogens (tertiary/aromatic N) is 2. The first-order valence-electron chi connectivity index (χ1n) is 6.39. The van der Waals surface area contributed by atoms with Crippen LogP contribution in [0.5, 0.6) is 0 Å². The Balaban J connectivity index is 2.70. The molecule has 0 aromatic heterocycles. The first kappa shape index (κ1) is 15.4. The molecule has 0 bridgehead atoms. The highest BCUT2D eigenvalue weighted by atomic mass is 32.2. The van der Waals surface area contributed by atoms with Crippen LogP contribution < -0.4 is 0 Å². The molecule has 0 aliphatic carbocycles. The van der Waals surface area contributed by atoms with Crippen molar-refractivity contribution in [3.05, 3.63) is 0 Å². The molecule has 18 heavy (non-hydrogen) atoms. The lowest BCUT2D eigenvalue weighted by atomic mass is 10.2. The molecule has 1 heterocycles. The van der Waals surface area contributed by atoms with Gasteiger partial charge in [0.1, 0.15) is 0 Å². The van der Waals surface area contributed by atoms with Gasteiger partial charge < -0.3 is 4.90 Å². The second-order valence-electron chi connectivity index (χ2n) is 5.39. The summed E-state index contributed by atoms with van der Waals surface area (Å²) in [5.41, 5.74) is 0. The van der Waals surface area contributed by atoms with E-state index < -0.39 is 9.84 Å². The van der Waals surface area contributed by atoms with E-state index in [9.17, 15) is 13.2 Å². The zero-order valence-electron chi connectivity index (χ0n) is 11.9. The Labute approximate surface area is 110 Å². The number of carbonyl (C=O) groups excluding carboxylic acids is 1. The second kappa shape index (κ2) is 5.57. The summed E-state index contributed by atoms with van der Waals surface area (Å²) in [6.07, 6.45) is 0. The van der Waals surface area contributed by atoms with Gasteiger partial charge >= 0.3 is 0 Å². The number of amides is 1. The van der Waals surface area contributed by atoms with Gasteiger partial charge in [-0.05, 0) is 27.7 Å². The van der Waals surface area contributed by atoms with Crippen LogP contribution in [0.3, 0.4) is 0 Å². The summed E-state index contributed by atoms with van der Waals surface area (Å²) in [5.74, 6) is 0.202. The van der Waals surface area contributed by atoms with Crippen molar-refractivity contribution in [3.8, 4) is 0 Å². The van der Waals surface area contributed by atoms with Crippen LogP contribution >= 0.6 is 0 Å². The van der Waals surface area contributed by atoms with Gasteiger partial charge in [0.05, 0.1) is 17.0 Å². The zero-order valence-corrected chi connectivity index (χ0v) is 12.7. The van der Waals surface area contributed by atoms with Gasteiger partial charge in [0, 0.05) is 26.2 Å². The largest absolute Gasteiger partial charge is 0.342 e. The molecular weight excluding hydrogens is 252 g/mol. The molecule has 0 spiro atoms.